The minimum Gasteiger partial charge on any atom is -0.384 e. The number of benzene rings is 1. The number of anilines is 1. The second kappa shape index (κ2) is 5.09. The van der Waals surface area contributed by atoms with Crippen molar-refractivity contribution >= 4 is 16.6 Å². The van der Waals surface area contributed by atoms with Crippen molar-refractivity contribution in [2.75, 3.05) is 11.9 Å². The zero-order valence-corrected chi connectivity index (χ0v) is 10.8. The van der Waals surface area contributed by atoms with E-state index in [4.69, 9.17) is 5.26 Å². The first-order valence-electron chi connectivity index (χ1n) is 6.15. The number of hydrogen-bond donors (Lipinski definition) is 2. The van der Waals surface area contributed by atoms with E-state index < -0.39 is 0 Å². The molecule has 0 unspecified atom stereocenters. The fraction of sp³-hybridized carbons (Fsp3) is 0.429. The molecule has 0 spiro atoms. The van der Waals surface area contributed by atoms with Crippen LogP contribution in [0.4, 0.5) is 5.69 Å². The number of nitrogens with one attached hydrogen (secondary N) is 2. The second-order valence-electron chi connectivity index (χ2n) is 5.35. The van der Waals surface area contributed by atoms with Crippen molar-refractivity contribution in [3.63, 3.8) is 0 Å². The van der Waals surface area contributed by atoms with Gasteiger partial charge in [-0.1, -0.05) is 13.8 Å². The topological polar surface area (TPSA) is 64.5 Å². The van der Waals surface area contributed by atoms with Crippen LogP contribution in [-0.2, 0) is 0 Å². The highest BCUT2D eigenvalue weighted by Crippen LogP contribution is 2.24. The van der Waals surface area contributed by atoms with Crippen molar-refractivity contribution in [3.8, 4) is 6.07 Å². The lowest BCUT2D eigenvalue weighted by molar-refractivity contribution is 0.364. The van der Waals surface area contributed by atoms with Crippen molar-refractivity contribution in [1.82, 2.24) is 10.2 Å². The van der Waals surface area contributed by atoms with E-state index in [9.17, 15) is 0 Å². The highest BCUT2D eigenvalue weighted by molar-refractivity contribution is 5.81. The number of fused-ring (bicyclic) bond motifs is 1. The molecule has 4 nitrogen and oxygen atoms in total. The van der Waals surface area contributed by atoms with Gasteiger partial charge in [-0.15, -0.1) is 0 Å². The van der Waals surface area contributed by atoms with E-state index in [-0.39, 0.29) is 5.41 Å². The normalized spacial score (nSPS) is 11.4. The average molecular weight is 242 g/mol. The van der Waals surface area contributed by atoms with E-state index in [1.165, 1.54) is 0 Å². The Balaban J connectivity index is 1.99. The van der Waals surface area contributed by atoms with Crippen LogP contribution in [0.15, 0.2) is 24.4 Å². The van der Waals surface area contributed by atoms with Crippen LogP contribution in [0.3, 0.4) is 0 Å². The summed E-state index contributed by atoms with van der Waals surface area (Å²) in [5.41, 5.74) is 2.26. The summed E-state index contributed by atoms with van der Waals surface area (Å²) in [7, 11) is 0. The lowest BCUT2D eigenvalue weighted by Gasteiger charge is -2.24. The van der Waals surface area contributed by atoms with Crippen LogP contribution in [-0.4, -0.2) is 16.7 Å². The van der Waals surface area contributed by atoms with Crippen LogP contribution in [0.2, 0.25) is 0 Å². The van der Waals surface area contributed by atoms with Crippen LogP contribution >= 0.6 is 0 Å². The van der Waals surface area contributed by atoms with Crippen molar-refractivity contribution < 1.29 is 0 Å². The molecule has 1 heterocycles. The van der Waals surface area contributed by atoms with Gasteiger partial charge in [0.1, 0.15) is 0 Å². The molecule has 1 aromatic carbocycles. The first-order valence-corrected chi connectivity index (χ1v) is 6.15. The van der Waals surface area contributed by atoms with Crippen LogP contribution < -0.4 is 5.32 Å². The number of hydrogen-bond acceptors (Lipinski definition) is 3. The van der Waals surface area contributed by atoms with Gasteiger partial charge >= 0.3 is 0 Å². The Bertz CT molecular complexity index is 562. The van der Waals surface area contributed by atoms with Crippen molar-refractivity contribution in [2.45, 2.75) is 26.7 Å². The molecule has 0 aliphatic rings. The standard InChI is InChI=1S/C14H18N4/c1-14(2,6-3-7-15)10-16-12-4-5-13-11(8-12)9-17-18-13/h4-5,8-9,16H,3,6,10H2,1-2H3,(H,17,18). The van der Waals surface area contributed by atoms with Crippen molar-refractivity contribution in [3.05, 3.63) is 24.4 Å². The summed E-state index contributed by atoms with van der Waals surface area (Å²) in [5, 5.41) is 20.1. The first kappa shape index (κ1) is 12.4. The maximum atomic E-state index is 8.63. The van der Waals surface area contributed by atoms with Crippen LogP contribution in [0, 0.1) is 16.7 Å². The lowest BCUT2D eigenvalue weighted by atomic mass is 9.88. The number of H-pyrrole nitrogens is 1. The molecule has 0 bridgehead atoms. The van der Waals surface area contributed by atoms with Gasteiger partial charge in [0.05, 0.1) is 17.8 Å². The monoisotopic (exact) mass is 242 g/mol. The van der Waals surface area contributed by atoms with E-state index in [2.05, 4.69) is 41.5 Å². The van der Waals surface area contributed by atoms with Crippen LogP contribution in [0.25, 0.3) is 10.9 Å². The third-order valence-electron chi connectivity index (χ3n) is 3.12. The fourth-order valence-electron chi connectivity index (χ4n) is 1.88. The Morgan fingerprint density at radius 1 is 1.44 bits per heavy atom. The molecule has 0 saturated heterocycles. The Hall–Kier alpha value is -2.02. The van der Waals surface area contributed by atoms with Crippen LogP contribution in [0.1, 0.15) is 26.7 Å². The molecule has 18 heavy (non-hydrogen) atoms. The van der Waals surface area contributed by atoms with E-state index in [1.54, 1.807) is 0 Å². The zero-order valence-electron chi connectivity index (χ0n) is 10.8. The number of aromatic amines is 1. The summed E-state index contributed by atoms with van der Waals surface area (Å²) in [6.45, 7) is 5.21. The van der Waals surface area contributed by atoms with E-state index in [0.29, 0.717) is 6.42 Å². The molecule has 0 radical (unpaired) electrons. The Morgan fingerprint density at radius 2 is 2.28 bits per heavy atom. The van der Waals surface area contributed by atoms with Gasteiger partial charge in [0.25, 0.3) is 0 Å². The molecular formula is C14H18N4. The molecule has 94 valence electrons. The van der Waals surface area contributed by atoms with Gasteiger partial charge in [-0.05, 0) is 30.0 Å². The first-order chi connectivity index (χ1) is 8.61. The summed E-state index contributed by atoms with van der Waals surface area (Å²) in [6.07, 6.45) is 3.33. The second-order valence-corrected chi connectivity index (χ2v) is 5.35. The maximum absolute atomic E-state index is 8.63. The van der Waals surface area contributed by atoms with Crippen molar-refractivity contribution in [2.24, 2.45) is 5.41 Å². The van der Waals surface area contributed by atoms with Gasteiger partial charge in [0.15, 0.2) is 0 Å². The summed E-state index contributed by atoms with van der Waals surface area (Å²) < 4.78 is 0. The summed E-state index contributed by atoms with van der Waals surface area (Å²) in [6, 6.07) is 8.35. The minimum atomic E-state index is 0.126. The summed E-state index contributed by atoms with van der Waals surface area (Å²) in [4.78, 5) is 0. The highest BCUT2D eigenvalue weighted by atomic mass is 15.1. The molecule has 0 atom stereocenters. The molecule has 2 N–H and O–H groups in total. The van der Waals surface area contributed by atoms with Crippen molar-refractivity contribution in [1.29, 1.82) is 5.26 Å². The van der Waals surface area contributed by atoms with Gasteiger partial charge in [0.2, 0.25) is 0 Å². The van der Waals surface area contributed by atoms with Gasteiger partial charge in [-0.25, -0.2) is 0 Å². The smallest absolute Gasteiger partial charge is 0.0651 e. The van der Waals surface area contributed by atoms with Gasteiger partial charge in [-0.2, -0.15) is 10.4 Å². The fourth-order valence-corrected chi connectivity index (χ4v) is 1.88. The third kappa shape index (κ3) is 3.01. The van der Waals surface area contributed by atoms with Crippen LogP contribution in [0.5, 0.6) is 0 Å². The number of rotatable bonds is 5. The molecular weight excluding hydrogens is 224 g/mol. The molecule has 0 aliphatic heterocycles. The molecule has 4 heteroatoms. The quantitative estimate of drug-likeness (QED) is 0.845. The van der Waals surface area contributed by atoms with Gasteiger partial charge in [-0.3, -0.25) is 5.10 Å². The SMILES string of the molecule is CC(C)(CCC#N)CNc1ccc2[nH]ncc2c1. The summed E-state index contributed by atoms with van der Waals surface area (Å²) in [5.74, 6) is 0. The molecule has 0 saturated carbocycles. The molecule has 0 amide bonds. The third-order valence-corrected chi connectivity index (χ3v) is 3.12. The minimum absolute atomic E-state index is 0.126. The molecule has 0 aliphatic carbocycles. The molecule has 2 aromatic rings. The summed E-state index contributed by atoms with van der Waals surface area (Å²) >= 11 is 0. The van der Waals surface area contributed by atoms with Gasteiger partial charge < -0.3 is 5.32 Å². The maximum Gasteiger partial charge on any atom is 0.0651 e. The number of aromatic nitrogens is 2. The average Bonchev–Trinajstić information content (AvgIpc) is 2.81. The predicted molar refractivity (Wildman–Crippen MR) is 73.2 cm³/mol. The number of nitriles is 1. The molecule has 2 rings (SSSR count). The largest absolute Gasteiger partial charge is 0.384 e. The molecule has 1 aromatic heterocycles. The molecule has 0 fully saturated rings. The Labute approximate surface area is 107 Å². The zero-order chi connectivity index (χ0) is 13.0. The number of nitrogens with zero attached hydrogens (tertiary/aromatic N) is 2. The van der Waals surface area contributed by atoms with E-state index in [0.717, 1.165) is 29.6 Å². The highest BCUT2D eigenvalue weighted by Gasteiger charge is 2.16. The van der Waals surface area contributed by atoms with E-state index in [1.807, 2.05) is 18.3 Å². The predicted octanol–water partition coefficient (Wildman–Crippen LogP) is 3.30. The Kier molecular flexibility index (Phi) is 3.52. The van der Waals surface area contributed by atoms with E-state index >= 15 is 0 Å². The Morgan fingerprint density at radius 3 is 3.06 bits per heavy atom. The van der Waals surface area contributed by atoms with Gasteiger partial charge in [0, 0.05) is 24.0 Å². The lowest BCUT2D eigenvalue weighted by Crippen LogP contribution is -2.22.